The van der Waals surface area contributed by atoms with Gasteiger partial charge >= 0.3 is 0 Å². The Bertz CT molecular complexity index is 719. The van der Waals surface area contributed by atoms with Crippen LogP contribution in [0.2, 0.25) is 5.02 Å². The highest BCUT2D eigenvalue weighted by molar-refractivity contribution is 6.30. The summed E-state index contributed by atoms with van der Waals surface area (Å²) in [5.41, 5.74) is 8.96. The minimum absolute atomic E-state index is 0.486. The SMILES string of the molecule is NCc1cccc2cc(COc3ccc(Cl)cc3)[nH]c12. The molecule has 0 bridgehead atoms. The van der Waals surface area contributed by atoms with E-state index in [2.05, 4.69) is 17.1 Å². The van der Waals surface area contributed by atoms with Crippen LogP contribution in [0.25, 0.3) is 10.9 Å². The molecule has 0 atom stereocenters. The molecule has 0 saturated carbocycles. The number of aromatic nitrogens is 1. The van der Waals surface area contributed by atoms with Crippen molar-refractivity contribution in [1.29, 1.82) is 0 Å². The molecule has 0 saturated heterocycles. The number of aromatic amines is 1. The standard InChI is InChI=1S/C16H15ClN2O/c17-13-4-6-15(7-5-13)20-10-14-8-11-2-1-3-12(9-18)16(11)19-14/h1-8,19H,9-10,18H2. The lowest BCUT2D eigenvalue weighted by Gasteiger charge is -2.04. The molecule has 1 heterocycles. The van der Waals surface area contributed by atoms with Gasteiger partial charge in [0.15, 0.2) is 0 Å². The summed E-state index contributed by atoms with van der Waals surface area (Å²) < 4.78 is 5.73. The van der Waals surface area contributed by atoms with E-state index in [1.165, 1.54) is 0 Å². The van der Waals surface area contributed by atoms with Gasteiger partial charge in [-0.05, 0) is 35.9 Å². The summed E-state index contributed by atoms with van der Waals surface area (Å²) in [6.45, 7) is 1.01. The summed E-state index contributed by atoms with van der Waals surface area (Å²) in [6.07, 6.45) is 0. The Balaban J connectivity index is 1.79. The topological polar surface area (TPSA) is 51.0 Å². The Morgan fingerprint density at radius 1 is 1.10 bits per heavy atom. The molecule has 20 heavy (non-hydrogen) atoms. The van der Waals surface area contributed by atoms with E-state index in [-0.39, 0.29) is 0 Å². The lowest BCUT2D eigenvalue weighted by molar-refractivity contribution is 0.302. The van der Waals surface area contributed by atoms with E-state index in [1.807, 2.05) is 36.4 Å². The van der Waals surface area contributed by atoms with Crippen molar-refractivity contribution in [2.45, 2.75) is 13.2 Å². The number of nitrogens with one attached hydrogen (secondary N) is 1. The Morgan fingerprint density at radius 3 is 2.65 bits per heavy atom. The van der Waals surface area contributed by atoms with Gasteiger partial charge in [-0.25, -0.2) is 0 Å². The van der Waals surface area contributed by atoms with Gasteiger partial charge in [0.05, 0.1) is 11.2 Å². The van der Waals surface area contributed by atoms with Gasteiger partial charge in [0.2, 0.25) is 0 Å². The average molecular weight is 287 g/mol. The second kappa shape index (κ2) is 5.57. The summed E-state index contributed by atoms with van der Waals surface area (Å²) in [5, 5.41) is 1.86. The molecule has 0 amide bonds. The van der Waals surface area contributed by atoms with Crippen LogP contribution in [0, 0.1) is 0 Å². The molecule has 1 aromatic heterocycles. The fourth-order valence-corrected chi connectivity index (χ4v) is 2.34. The van der Waals surface area contributed by atoms with Gasteiger partial charge in [0, 0.05) is 17.0 Å². The quantitative estimate of drug-likeness (QED) is 0.765. The van der Waals surface area contributed by atoms with Crippen LogP contribution >= 0.6 is 11.6 Å². The highest BCUT2D eigenvalue weighted by Crippen LogP contribution is 2.21. The molecule has 102 valence electrons. The lowest BCUT2D eigenvalue weighted by Crippen LogP contribution is -1.97. The maximum Gasteiger partial charge on any atom is 0.128 e. The Hall–Kier alpha value is -1.97. The lowest BCUT2D eigenvalue weighted by atomic mass is 10.1. The number of para-hydroxylation sites is 1. The largest absolute Gasteiger partial charge is 0.487 e. The summed E-state index contributed by atoms with van der Waals surface area (Å²) in [4.78, 5) is 3.37. The first-order chi connectivity index (χ1) is 9.76. The molecule has 3 aromatic rings. The first kappa shape index (κ1) is 13.0. The number of benzene rings is 2. The Labute approximate surface area is 122 Å². The predicted molar refractivity (Wildman–Crippen MR) is 82.0 cm³/mol. The first-order valence-corrected chi connectivity index (χ1v) is 6.82. The fourth-order valence-electron chi connectivity index (χ4n) is 2.22. The van der Waals surface area contributed by atoms with Crippen molar-refractivity contribution < 1.29 is 4.74 Å². The number of H-pyrrole nitrogens is 1. The van der Waals surface area contributed by atoms with Crippen molar-refractivity contribution in [3.05, 3.63) is 64.8 Å². The first-order valence-electron chi connectivity index (χ1n) is 6.44. The number of nitrogens with two attached hydrogens (primary N) is 1. The minimum atomic E-state index is 0.486. The Kier molecular flexibility index (Phi) is 3.63. The van der Waals surface area contributed by atoms with Crippen LogP contribution in [-0.4, -0.2) is 4.98 Å². The third-order valence-electron chi connectivity index (χ3n) is 3.23. The van der Waals surface area contributed by atoms with Crippen LogP contribution in [0.3, 0.4) is 0 Å². The van der Waals surface area contributed by atoms with E-state index in [0.29, 0.717) is 18.2 Å². The molecule has 3 N–H and O–H groups in total. The van der Waals surface area contributed by atoms with Gasteiger partial charge in [-0.3, -0.25) is 0 Å². The molecule has 3 rings (SSSR count). The van der Waals surface area contributed by atoms with E-state index in [4.69, 9.17) is 22.1 Å². The van der Waals surface area contributed by atoms with Gasteiger partial charge in [0.25, 0.3) is 0 Å². The number of ether oxygens (including phenoxy) is 1. The number of fused-ring (bicyclic) bond motifs is 1. The van der Waals surface area contributed by atoms with E-state index < -0.39 is 0 Å². The smallest absolute Gasteiger partial charge is 0.128 e. The van der Waals surface area contributed by atoms with Gasteiger partial charge < -0.3 is 15.5 Å². The van der Waals surface area contributed by atoms with Crippen LogP contribution in [0.5, 0.6) is 5.75 Å². The third kappa shape index (κ3) is 2.64. The van der Waals surface area contributed by atoms with E-state index in [9.17, 15) is 0 Å². The van der Waals surface area contributed by atoms with Crippen molar-refractivity contribution in [3.8, 4) is 5.75 Å². The second-order valence-corrected chi connectivity index (χ2v) is 5.06. The van der Waals surface area contributed by atoms with Crippen molar-refractivity contribution >= 4 is 22.5 Å². The van der Waals surface area contributed by atoms with E-state index >= 15 is 0 Å². The molecule has 0 aliphatic carbocycles. The molecule has 0 fully saturated rings. The molecule has 0 spiro atoms. The van der Waals surface area contributed by atoms with E-state index in [1.54, 1.807) is 0 Å². The van der Waals surface area contributed by atoms with Crippen LogP contribution < -0.4 is 10.5 Å². The zero-order valence-electron chi connectivity index (χ0n) is 10.9. The van der Waals surface area contributed by atoms with Crippen LogP contribution in [0.4, 0.5) is 0 Å². The summed E-state index contributed by atoms with van der Waals surface area (Å²) >= 11 is 5.84. The molecule has 0 aliphatic rings. The van der Waals surface area contributed by atoms with Crippen molar-refractivity contribution in [2.75, 3.05) is 0 Å². The Morgan fingerprint density at radius 2 is 1.90 bits per heavy atom. The van der Waals surface area contributed by atoms with Crippen LogP contribution in [-0.2, 0) is 13.2 Å². The van der Waals surface area contributed by atoms with Gasteiger partial charge in [-0.1, -0.05) is 29.8 Å². The van der Waals surface area contributed by atoms with Gasteiger partial charge in [-0.15, -0.1) is 0 Å². The second-order valence-electron chi connectivity index (χ2n) is 4.62. The normalized spacial score (nSPS) is 10.9. The minimum Gasteiger partial charge on any atom is -0.487 e. The van der Waals surface area contributed by atoms with Crippen LogP contribution in [0.1, 0.15) is 11.3 Å². The molecular weight excluding hydrogens is 272 g/mol. The highest BCUT2D eigenvalue weighted by Gasteiger charge is 2.05. The maximum atomic E-state index is 5.84. The van der Waals surface area contributed by atoms with E-state index in [0.717, 1.165) is 27.9 Å². The molecular formula is C16H15ClN2O. The summed E-state index contributed by atoms with van der Waals surface area (Å²) in [7, 11) is 0. The number of hydrogen-bond donors (Lipinski definition) is 2. The molecule has 2 aromatic carbocycles. The van der Waals surface area contributed by atoms with Crippen molar-refractivity contribution in [1.82, 2.24) is 4.98 Å². The average Bonchev–Trinajstić information content (AvgIpc) is 2.89. The monoisotopic (exact) mass is 286 g/mol. The zero-order chi connectivity index (χ0) is 13.9. The zero-order valence-corrected chi connectivity index (χ0v) is 11.7. The fraction of sp³-hybridized carbons (Fsp3) is 0.125. The highest BCUT2D eigenvalue weighted by atomic mass is 35.5. The third-order valence-corrected chi connectivity index (χ3v) is 3.48. The number of rotatable bonds is 4. The number of halogens is 1. The van der Waals surface area contributed by atoms with Crippen molar-refractivity contribution in [3.63, 3.8) is 0 Å². The summed E-state index contributed by atoms with van der Waals surface area (Å²) in [6, 6.07) is 15.5. The predicted octanol–water partition coefficient (Wildman–Crippen LogP) is 3.86. The molecule has 4 heteroatoms. The van der Waals surface area contributed by atoms with Gasteiger partial charge in [-0.2, -0.15) is 0 Å². The molecule has 0 radical (unpaired) electrons. The number of hydrogen-bond acceptors (Lipinski definition) is 2. The molecule has 3 nitrogen and oxygen atoms in total. The molecule has 0 unspecified atom stereocenters. The maximum absolute atomic E-state index is 5.84. The van der Waals surface area contributed by atoms with Gasteiger partial charge in [0.1, 0.15) is 12.4 Å². The molecule has 0 aliphatic heterocycles. The van der Waals surface area contributed by atoms with Crippen LogP contribution in [0.15, 0.2) is 48.5 Å². The van der Waals surface area contributed by atoms with Crippen molar-refractivity contribution in [2.24, 2.45) is 5.73 Å². The summed E-state index contributed by atoms with van der Waals surface area (Å²) in [5.74, 6) is 0.798.